The molecule has 4 nitrogen and oxygen atoms in total. The Kier molecular flexibility index (Phi) is 3.10. The Morgan fingerprint density at radius 1 is 1.50 bits per heavy atom. The number of furan rings is 1. The second-order valence-corrected chi connectivity index (χ2v) is 3.31. The number of ether oxygens (including phenoxy) is 2. The van der Waals surface area contributed by atoms with Gasteiger partial charge in [-0.25, -0.2) is 0 Å². The first-order valence-electron chi connectivity index (χ1n) is 4.97. The molecule has 2 rings (SSSR count). The molecule has 16 heavy (non-hydrogen) atoms. The lowest BCUT2D eigenvalue weighted by molar-refractivity contribution is -0.140. The largest absolute Gasteiger partial charge is 0.469 e. The van der Waals surface area contributed by atoms with Crippen LogP contribution >= 0.6 is 0 Å². The summed E-state index contributed by atoms with van der Waals surface area (Å²) in [5.74, 6) is 1.59. The Balaban J connectivity index is 2.02. The molecule has 0 spiro atoms. The standard InChI is InChI=1S/C12H12O4/c1-14-12(13)8-9-4-2-5-11(16-9)10-6-3-7-15-10/h3-7H,2,8H2,1H3. The number of carbonyl (C=O) groups is 1. The number of carbonyl (C=O) groups excluding carboxylic acids is 1. The molecule has 0 bridgehead atoms. The van der Waals surface area contributed by atoms with Gasteiger partial charge in [0.25, 0.3) is 0 Å². The molecule has 0 aliphatic carbocycles. The molecule has 0 fully saturated rings. The molecule has 0 amide bonds. The minimum absolute atomic E-state index is 0.147. The summed E-state index contributed by atoms with van der Waals surface area (Å²) in [4.78, 5) is 11.1. The fourth-order valence-corrected chi connectivity index (χ4v) is 1.41. The molecule has 0 radical (unpaired) electrons. The van der Waals surface area contributed by atoms with E-state index < -0.39 is 0 Å². The monoisotopic (exact) mass is 220 g/mol. The molecule has 0 saturated heterocycles. The molecule has 0 N–H and O–H groups in total. The van der Waals surface area contributed by atoms with Gasteiger partial charge >= 0.3 is 5.97 Å². The van der Waals surface area contributed by atoms with Crippen molar-refractivity contribution < 1.29 is 18.7 Å². The molecule has 1 aliphatic rings. The van der Waals surface area contributed by atoms with Gasteiger partial charge in [0.1, 0.15) is 12.2 Å². The molecule has 4 heteroatoms. The summed E-state index contributed by atoms with van der Waals surface area (Å²) in [6.45, 7) is 0. The van der Waals surface area contributed by atoms with Crippen molar-refractivity contribution in [3.05, 3.63) is 42.1 Å². The van der Waals surface area contributed by atoms with Gasteiger partial charge in [-0.1, -0.05) is 0 Å². The number of methoxy groups -OCH3 is 1. The molecule has 1 aliphatic heterocycles. The van der Waals surface area contributed by atoms with Gasteiger partial charge < -0.3 is 13.9 Å². The van der Waals surface area contributed by atoms with Crippen LogP contribution in [0, 0.1) is 0 Å². The average Bonchev–Trinajstić information content (AvgIpc) is 2.83. The van der Waals surface area contributed by atoms with Crippen LogP contribution in [0.25, 0.3) is 5.76 Å². The number of rotatable bonds is 3. The average molecular weight is 220 g/mol. The van der Waals surface area contributed by atoms with E-state index >= 15 is 0 Å². The fraction of sp³-hybridized carbons (Fsp3) is 0.250. The zero-order chi connectivity index (χ0) is 11.4. The highest BCUT2D eigenvalue weighted by Gasteiger charge is 2.15. The first-order chi connectivity index (χ1) is 7.79. The first-order valence-corrected chi connectivity index (χ1v) is 4.97. The van der Waals surface area contributed by atoms with E-state index in [0.29, 0.717) is 17.3 Å². The zero-order valence-corrected chi connectivity index (χ0v) is 8.93. The van der Waals surface area contributed by atoms with Crippen LogP contribution in [0.15, 0.2) is 40.7 Å². The van der Waals surface area contributed by atoms with Crippen LogP contribution in [0.5, 0.6) is 0 Å². The molecule has 0 unspecified atom stereocenters. The molecule has 1 aromatic rings. The van der Waals surface area contributed by atoms with E-state index in [4.69, 9.17) is 9.15 Å². The normalized spacial score (nSPS) is 14.8. The maximum absolute atomic E-state index is 11.1. The van der Waals surface area contributed by atoms with E-state index in [0.717, 1.165) is 6.42 Å². The van der Waals surface area contributed by atoms with Gasteiger partial charge in [-0.15, -0.1) is 0 Å². The summed E-state index contributed by atoms with van der Waals surface area (Å²) in [5.41, 5.74) is 0. The van der Waals surface area contributed by atoms with Crippen LogP contribution in [0.4, 0.5) is 0 Å². The molecule has 84 valence electrons. The smallest absolute Gasteiger partial charge is 0.313 e. The highest BCUT2D eigenvalue weighted by molar-refractivity contribution is 5.72. The van der Waals surface area contributed by atoms with Crippen LogP contribution in [0.2, 0.25) is 0 Å². The van der Waals surface area contributed by atoms with Gasteiger partial charge in [0.2, 0.25) is 0 Å². The Bertz CT molecular complexity index is 426. The maximum Gasteiger partial charge on any atom is 0.313 e. The Hall–Kier alpha value is -1.97. The Labute approximate surface area is 93.1 Å². The second-order valence-electron chi connectivity index (χ2n) is 3.31. The lowest BCUT2D eigenvalue weighted by Crippen LogP contribution is -2.06. The predicted octanol–water partition coefficient (Wildman–Crippen LogP) is 2.49. The van der Waals surface area contributed by atoms with Crippen molar-refractivity contribution in [2.24, 2.45) is 0 Å². The predicted molar refractivity (Wildman–Crippen MR) is 57.1 cm³/mol. The summed E-state index contributed by atoms with van der Waals surface area (Å²) in [6, 6.07) is 3.60. The van der Waals surface area contributed by atoms with E-state index in [-0.39, 0.29) is 12.4 Å². The molecule has 2 heterocycles. The maximum atomic E-state index is 11.1. The van der Waals surface area contributed by atoms with Gasteiger partial charge in [-0.2, -0.15) is 0 Å². The summed E-state index contributed by atoms with van der Waals surface area (Å²) in [6.07, 6.45) is 6.21. The van der Waals surface area contributed by atoms with Crippen LogP contribution < -0.4 is 0 Å². The van der Waals surface area contributed by atoms with Gasteiger partial charge in [-0.3, -0.25) is 4.79 Å². The molecule has 0 aromatic carbocycles. The molecule has 0 saturated carbocycles. The minimum atomic E-state index is -0.313. The highest BCUT2D eigenvalue weighted by Crippen LogP contribution is 2.26. The third-order valence-electron chi connectivity index (χ3n) is 2.20. The van der Waals surface area contributed by atoms with E-state index in [1.165, 1.54) is 7.11 Å². The molecule has 0 atom stereocenters. The number of esters is 1. The number of hydrogen-bond donors (Lipinski definition) is 0. The summed E-state index contributed by atoms with van der Waals surface area (Å²) >= 11 is 0. The minimum Gasteiger partial charge on any atom is -0.469 e. The van der Waals surface area contributed by atoms with Gasteiger partial charge in [0, 0.05) is 0 Å². The van der Waals surface area contributed by atoms with E-state index in [1.807, 2.05) is 18.2 Å². The second kappa shape index (κ2) is 4.70. The van der Waals surface area contributed by atoms with Crippen molar-refractivity contribution in [1.29, 1.82) is 0 Å². The Morgan fingerprint density at radius 3 is 3.06 bits per heavy atom. The SMILES string of the molecule is COC(=O)CC1=CCC=C(c2ccco2)O1. The number of allylic oxidation sites excluding steroid dienone is 2. The zero-order valence-electron chi connectivity index (χ0n) is 8.93. The van der Waals surface area contributed by atoms with Crippen molar-refractivity contribution in [2.45, 2.75) is 12.8 Å². The third-order valence-corrected chi connectivity index (χ3v) is 2.20. The van der Waals surface area contributed by atoms with Gasteiger partial charge in [-0.05, 0) is 30.7 Å². The molecule has 1 aromatic heterocycles. The molecular formula is C12H12O4. The van der Waals surface area contributed by atoms with Gasteiger partial charge in [0.05, 0.1) is 13.4 Å². The topological polar surface area (TPSA) is 48.7 Å². The van der Waals surface area contributed by atoms with Crippen LogP contribution in [-0.4, -0.2) is 13.1 Å². The number of hydrogen-bond acceptors (Lipinski definition) is 4. The van der Waals surface area contributed by atoms with Crippen molar-refractivity contribution in [3.63, 3.8) is 0 Å². The van der Waals surface area contributed by atoms with Crippen molar-refractivity contribution in [1.82, 2.24) is 0 Å². The van der Waals surface area contributed by atoms with E-state index in [1.54, 1.807) is 12.3 Å². The highest BCUT2D eigenvalue weighted by atomic mass is 16.5. The van der Waals surface area contributed by atoms with Crippen LogP contribution in [0.1, 0.15) is 18.6 Å². The van der Waals surface area contributed by atoms with E-state index in [2.05, 4.69) is 4.74 Å². The summed E-state index contributed by atoms with van der Waals surface area (Å²) in [5, 5.41) is 0. The molecular weight excluding hydrogens is 208 g/mol. The third kappa shape index (κ3) is 2.34. The summed E-state index contributed by atoms with van der Waals surface area (Å²) in [7, 11) is 1.36. The first kappa shape index (κ1) is 10.5. The van der Waals surface area contributed by atoms with Crippen LogP contribution in [0.3, 0.4) is 0 Å². The summed E-state index contributed by atoms with van der Waals surface area (Å²) < 4.78 is 15.3. The van der Waals surface area contributed by atoms with Crippen LogP contribution in [-0.2, 0) is 14.3 Å². The quantitative estimate of drug-likeness (QED) is 0.734. The van der Waals surface area contributed by atoms with Crippen molar-refractivity contribution in [3.8, 4) is 0 Å². The fourth-order valence-electron chi connectivity index (χ4n) is 1.41. The Morgan fingerprint density at radius 2 is 2.38 bits per heavy atom. The lowest BCUT2D eigenvalue weighted by atomic mass is 10.2. The van der Waals surface area contributed by atoms with Crippen molar-refractivity contribution >= 4 is 11.7 Å². The van der Waals surface area contributed by atoms with E-state index in [9.17, 15) is 4.79 Å². The van der Waals surface area contributed by atoms with Crippen molar-refractivity contribution in [2.75, 3.05) is 7.11 Å². The van der Waals surface area contributed by atoms with Gasteiger partial charge in [0.15, 0.2) is 11.5 Å². The lowest BCUT2D eigenvalue weighted by Gasteiger charge is -2.14.